The Hall–Kier alpha value is 0.0300. The molecule has 0 heterocycles. The van der Waals surface area contributed by atoms with Crippen molar-refractivity contribution in [2.75, 3.05) is 38.3 Å². The Labute approximate surface area is 118 Å². The molecule has 1 rings (SSSR count). The van der Waals surface area contributed by atoms with Gasteiger partial charge in [0.25, 0.3) is 0 Å². The molecule has 0 spiro atoms. The molecule has 96 valence electrons. The minimum absolute atomic E-state index is 0.855. The van der Waals surface area contributed by atoms with Gasteiger partial charge in [0, 0.05) is 17.9 Å². The maximum atomic E-state index is 5.26. The highest BCUT2D eigenvalue weighted by Crippen LogP contribution is 2.29. The summed E-state index contributed by atoms with van der Waals surface area (Å²) in [5, 5.41) is 3.42. The lowest BCUT2D eigenvalue weighted by Gasteiger charge is -2.17. The van der Waals surface area contributed by atoms with Crippen LogP contribution in [0.1, 0.15) is 18.9 Å². The lowest BCUT2D eigenvalue weighted by Crippen LogP contribution is -2.21. The van der Waals surface area contributed by atoms with Crippen LogP contribution in [0.25, 0.3) is 0 Å². The minimum Gasteiger partial charge on any atom is -0.383 e. The van der Waals surface area contributed by atoms with Crippen LogP contribution in [0.5, 0.6) is 0 Å². The van der Waals surface area contributed by atoms with Gasteiger partial charge in [0.2, 0.25) is 0 Å². The van der Waals surface area contributed by atoms with E-state index in [9.17, 15) is 0 Å². The molecule has 1 aromatic rings. The monoisotopic (exact) mass is 288 g/mol. The molecule has 0 unspecified atom stereocenters. The summed E-state index contributed by atoms with van der Waals surface area (Å²) in [4.78, 5) is 2.31. The summed E-state index contributed by atoms with van der Waals surface area (Å²) >= 11 is 12.3. The maximum Gasteiger partial charge on any atom is 0.0796 e. The summed E-state index contributed by atoms with van der Waals surface area (Å²) in [6.45, 7) is 5.36. The highest BCUT2D eigenvalue weighted by molar-refractivity contribution is 7.97. The van der Waals surface area contributed by atoms with Crippen molar-refractivity contribution in [1.82, 2.24) is 4.90 Å². The fourth-order valence-corrected chi connectivity index (χ4v) is 2.89. The summed E-state index contributed by atoms with van der Waals surface area (Å²) in [5.41, 5.74) is 2.36. The smallest absolute Gasteiger partial charge is 0.0796 e. The van der Waals surface area contributed by atoms with Gasteiger partial charge in [0.05, 0.1) is 14.7 Å². The van der Waals surface area contributed by atoms with E-state index in [1.165, 1.54) is 5.56 Å². The Bertz CT molecular complexity index is 421. The highest BCUT2D eigenvalue weighted by atomic mass is 32.2. The molecule has 0 saturated heterocycles. The first-order valence-corrected chi connectivity index (χ1v) is 8.06. The molecule has 0 fully saturated rings. The van der Waals surface area contributed by atoms with Crippen LogP contribution in [-0.4, -0.2) is 37.8 Å². The lowest BCUT2D eigenvalue weighted by atomic mass is 10.1. The number of nitrogens with zero attached hydrogens (tertiary/aromatic N) is 1. The minimum atomic E-state index is 0.855. The van der Waals surface area contributed by atoms with Crippen molar-refractivity contribution in [3.05, 3.63) is 14.6 Å². The van der Waals surface area contributed by atoms with Crippen LogP contribution in [-0.2, 0) is 5.75 Å². The van der Waals surface area contributed by atoms with Crippen molar-refractivity contribution in [3.8, 4) is 0 Å². The second-order valence-electron chi connectivity index (χ2n) is 4.12. The average Bonchev–Trinajstić information content (AvgIpc) is 2.35. The second-order valence-corrected chi connectivity index (χ2v) is 5.80. The molecule has 0 aliphatic heterocycles. The molecule has 17 heavy (non-hydrogen) atoms. The van der Waals surface area contributed by atoms with Gasteiger partial charge in [-0.05, 0) is 32.8 Å². The van der Waals surface area contributed by atoms with E-state index in [2.05, 4.69) is 30.4 Å². The van der Waals surface area contributed by atoms with Crippen LogP contribution >= 0.6 is 36.2 Å². The molecule has 1 aromatic carbocycles. The first-order valence-electron chi connectivity index (χ1n) is 5.85. The SMILES string of the molecule is CCN(C)CCCNc1c(CSC)c(=S)c1=S. The third kappa shape index (κ3) is 4.02. The number of anilines is 1. The second kappa shape index (κ2) is 7.46. The topological polar surface area (TPSA) is 15.3 Å². The summed E-state index contributed by atoms with van der Waals surface area (Å²) in [6, 6.07) is 0. The standard InChI is InChI=1S/C12H20N2S3/c1-4-14(2)7-5-6-13-10-9(8-17-3)11(15)12(10)16/h13H,4-8H2,1-3H3. The molecule has 0 aliphatic rings. The van der Waals surface area contributed by atoms with Crippen molar-refractivity contribution in [3.63, 3.8) is 0 Å². The zero-order chi connectivity index (χ0) is 12.8. The number of rotatable bonds is 8. The molecular weight excluding hydrogens is 268 g/mol. The van der Waals surface area contributed by atoms with E-state index < -0.39 is 0 Å². The van der Waals surface area contributed by atoms with E-state index in [4.69, 9.17) is 24.4 Å². The first kappa shape index (κ1) is 15.1. The first-order chi connectivity index (χ1) is 8.11. The van der Waals surface area contributed by atoms with Gasteiger partial charge in [-0.1, -0.05) is 31.4 Å². The Morgan fingerprint density at radius 1 is 1.29 bits per heavy atom. The summed E-state index contributed by atoms with van der Waals surface area (Å²) < 4.78 is 1.75. The average molecular weight is 289 g/mol. The molecule has 0 saturated carbocycles. The van der Waals surface area contributed by atoms with Gasteiger partial charge in [0.1, 0.15) is 0 Å². The summed E-state index contributed by atoms with van der Waals surface area (Å²) in [6.07, 6.45) is 3.22. The lowest BCUT2D eigenvalue weighted by molar-refractivity contribution is 0.351. The van der Waals surface area contributed by atoms with Crippen molar-refractivity contribution in [1.29, 1.82) is 0 Å². The zero-order valence-electron chi connectivity index (χ0n) is 10.7. The highest BCUT2D eigenvalue weighted by Gasteiger charge is 2.13. The van der Waals surface area contributed by atoms with Crippen molar-refractivity contribution in [2.24, 2.45) is 0 Å². The molecule has 0 atom stereocenters. The summed E-state index contributed by atoms with van der Waals surface area (Å²) in [7, 11) is 2.14. The van der Waals surface area contributed by atoms with Gasteiger partial charge < -0.3 is 10.2 Å². The predicted octanol–water partition coefficient (Wildman–Crippen LogP) is 3.64. The molecule has 0 aliphatic carbocycles. The number of thioether (sulfide) groups is 1. The van der Waals surface area contributed by atoms with Crippen LogP contribution in [0.4, 0.5) is 5.69 Å². The van der Waals surface area contributed by atoms with Gasteiger partial charge in [-0.2, -0.15) is 11.8 Å². The summed E-state index contributed by atoms with van der Waals surface area (Å²) in [5.74, 6) is 0.968. The van der Waals surface area contributed by atoms with Gasteiger partial charge >= 0.3 is 0 Å². The molecule has 5 heteroatoms. The Kier molecular flexibility index (Phi) is 6.62. The molecule has 0 bridgehead atoms. The van der Waals surface area contributed by atoms with Crippen LogP contribution in [0.15, 0.2) is 0 Å². The molecule has 1 N–H and O–H groups in total. The molecule has 0 amide bonds. The largest absolute Gasteiger partial charge is 0.383 e. The third-order valence-electron chi connectivity index (χ3n) is 2.86. The van der Waals surface area contributed by atoms with E-state index in [0.717, 1.165) is 46.5 Å². The van der Waals surface area contributed by atoms with Crippen LogP contribution < -0.4 is 5.32 Å². The maximum absolute atomic E-state index is 5.26. The van der Waals surface area contributed by atoms with Crippen LogP contribution in [0.3, 0.4) is 0 Å². The van der Waals surface area contributed by atoms with E-state index in [1.54, 1.807) is 11.8 Å². The molecular formula is C12H20N2S3. The number of nitrogens with one attached hydrogen (secondary N) is 1. The van der Waals surface area contributed by atoms with Crippen molar-refractivity contribution < 1.29 is 0 Å². The molecule has 0 radical (unpaired) electrons. The van der Waals surface area contributed by atoms with Gasteiger partial charge in [-0.15, -0.1) is 0 Å². The fourth-order valence-electron chi connectivity index (χ4n) is 1.63. The molecule has 0 aromatic heterocycles. The number of hydrogen-bond donors (Lipinski definition) is 1. The number of hydrogen-bond acceptors (Lipinski definition) is 5. The normalized spacial score (nSPS) is 11.3. The Morgan fingerprint density at radius 2 is 2.00 bits per heavy atom. The van der Waals surface area contributed by atoms with Crippen molar-refractivity contribution in [2.45, 2.75) is 19.1 Å². The predicted molar refractivity (Wildman–Crippen MR) is 84.0 cm³/mol. The quantitative estimate of drug-likeness (QED) is 0.578. The van der Waals surface area contributed by atoms with Gasteiger partial charge in [-0.3, -0.25) is 0 Å². The van der Waals surface area contributed by atoms with E-state index in [0.29, 0.717) is 0 Å². The van der Waals surface area contributed by atoms with E-state index in [1.807, 2.05) is 0 Å². The van der Waals surface area contributed by atoms with E-state index >= 15 is 0 Å². The zero-order valence-corrected chi connectivity index (χ0v) is 13.2. The fraction of sp³-hybridized carbons (Fsp3) is 0.667. The van der Waals surface area contributed by atoms with Crippen LogP contribution in [0.2, 0.25) is 0 Å². The van der Waals surface area contributed by atoms with Gasteiger partial charge in [-0.25, -0.2) is 0 Å². The van der Waals surface area contributed by atoms with E-state index in [-0.39, 0.29) is 0 Å². The van der Waals surface area contributed by atoms with Crippen LogP contribution in [0, 0.1) is 9.02 Å². The Balaban J connectivity index is 2.39. The Morgan fingerprint density at radius 3 is 2.59 bits per heavy atom. The van der Waals surface area contributed by atoms with Gasteiger partial charge in [0.15, 0.2) is 0 Å². The molecule has 2 nitrogen and oxygen atoms in total. The third-order valence-corrected chi connectivity index (χ3v) is 4.42. The van der Waals surface area contributed by atoms with Crippen molar-refractivity contribution >= 4 is 41.9 Å².